The SMILES string of the molecule is COC(=O)COc1c(-c2ccc(OC)c(OC)c2)oc2ccccc2c1=O. The predicted octanol–water partition coefficient (Wildman–Crippen LogP) is 3.03. The number of carbonyl (C=O) groups excluding carboxylic acids is 1. The van der Waals surface area contributed by atoms with Crippen LogP contribution in [0.3, 0.4) is 0 Å². The Labute approximate surface area is 155 Å². The smallest absolute Gasteiger partial charge is 0.343 e. The fourth-order valence-corrected chi connectivity index (χ4v) is 2.61. The fraction of sp³-hybridized carbons (Fsp3) is 0.200. The molecule has 7 nitrogen and oxygen atoms in total. The first-order chi connectivity index (χ1) is 13.1. The zero-order valence-electron chi connectivity index (χ0n) is 15.1. The van der Waals surface area contributed by atoms with Gasteiger partial charge in [0.2, 0.25) is 11.2 Å². The third-order valence-corrected chi connectivity index (χ3v) is 3.96. The number of methoxy groups -OCH3 is 3. The second-order valence-electron chi connectivity index (χ2n) is 5.52. The van der Waals surface area contributed by atoms with Crippen LogP contribution in [0.1, 0.15) is 0 Å². The van der Waals surface area contributed by atoms with Crippen LogP contribution in [0.4, 0.5) is 0 Å². The van der Waals surface area contributed by atoms with E-state index in [0.29, 0.717) is 28.0 Å². The second kappa shape index (κ2) is 7.82. The number of para-hydroxylation sites is 1. The average molecular weight is 370 g/mol. The third kappa shape index (κ3) is 3.57. The Kier molecular flexibility index (Phi) is 5.30. The van der Waals surface area contributed by atoms with E-state index in [4.69, 9.17) is 18.6 Å². The van der Waals surface area contributed by atoms with Gasteiger partial charge >= 0.3 is 5.97 Å². The minimum absolute atomic E-state index is 0.0775. The van der Waals surface area contributed by atoms with Crippen LogP contribution in [0, 0.1) is 0 Å². The number of carbonyl (C=O) groups is 1. The van der Waals surface area contributed by atoms with E-state index in [1.54, 1.807) is 42.5 Å². The van der Waals surface area contributed by atoms with Gasteiger partial charge in [-0.3, -0.25) is 4.79 Å². The van der Waals surface area contributed by atoms with Crippen LogP contribution < -0.4 is 19.6 Å². The van der Waals surface area contributed by atoms with Gasteiger partial charge in [0.05, 0.1) is 26.7 Å². The van der Waals surface area contributed by atoms with Crippen molar-refractivity contribution in [2.24, 2.45) is 0 Å². The Morgan fingerprint density at radius 1 is 1.00 bits per heavy atom. The molecule has 7 heteroatoms. The first kappa shape index (κ1) is 18.3. The molecule has 0 spiro atoms. The summed E-state index contributed by atoms with van der Waals surface area (Å²) in [5.41, 5.74) is 0.554. The van der Waals surface area contributed by atoms with E-state index in [0.717, 1.165) is 0 Å². The maximum absolute atomic E-state index is 12.9. The number of fused-ring (bicyclic) bond motifs is 1. The Balaban J connectivity index is 2.21. The summed E-state index contributed by atoms with van der Waals surface area (Å²) >= 11 is 0. The highest BCUT2D eigenvalue weighted by atomic mass is 16.6. The van der Waals surface area contributed by atoms with E-state index in [2.05, 4.69) is 4.74 Å². The minimum Gasteiger partial charge on any atom is -0.493 e. The van der Waals surface area contributed by atoms with Crippen molar-refractivity contribution in [3.63, 3.8) is 0 Å². The molecule has 2 aromatic carbocycles. The molecule has 0 aliphatic rings. The van der Waals surface area contributed by atoms with E-state index >= 15 is 0 Å². The topological polar surface area (TPSA) is 84.2 Å². The molecule has 140 valence electrons. The molecule has 0 amide bonds. The van der Waals surface area contributed by atoms with Gasteiger partial charge in [-0.1, -0.05) is 12.1 Å². The van der Waals surface area contributed by atoms with Crippen molar-refractivity contribution in [3.8, 4) is 28.6 Å². The van der Waals surface area contributed by atoms with Crippen molar-refractivity contribution in [2.75, 3.05) is 27.9 Å². The highest BCUT2D eigenvalue weighted by Gasteiger charge is 2.20. The van der Waals surface area contributed by atoms with Gasteiger partial charge in [0.15, 0.2) is 23.9 Å². The first-order valence-electron chi connectivity index (χ1n) is 8.07. The van der Waals surface area contributed by atoms with Crippen molar-refractivity contribution >= 4 is 16.9 Å². The summed E-state index contributed by atoms with van der Waals surface area (Å²) in [7, 11) is 4.27. The average Bonchev–Trinajstić information content (AvgIpc) is 2.72. The summed E-state index contributed by atoms with van der Waals surface area (Å²) in [6.07, 6.45) is 0. The van der Waals surface area contributed by atoms with E-state index in [1.165, 1.54) is 21.3 Å². The molecule has 0 N–H and O–H groups in total. The Morgan fingerprint density at radius 3 is 2.44 bits per heavy atom. The zero-order chi connectivity index (χ0) is 19.4. The summed E-state index contributed by atoms with van der Waals surface area (Å²) in [5, 5.41) is 0.349. The van der Waals surface area contributed by atoms with Gasteiger partial charge in [0, 0.05) is 5.56 Å². The van der Waals surface area contributed by atoms with Crippen molar-refractivity contribution in [2.45, 2.75) is 0 Å². The molecule has 1 aromatic heterocycles. The summed E-state index contributed by atoms with van der Waals surface area (Å²) < 4.78 is 26.5. The second-order valence-corrected chi connectivity index (χ2v) is 5.52. The van der Waals surface area contributed by atoms with Crippen LogP contribution in [0.2, 0.25) is 0 Å². The van der Waals surface area contributed by atoms with Gasteiger partial charge < -0.3 is 23.4 Å². The van der Waals surface area contributed by atoms with Crippen LogP contribution in [-0.4, -0.2) is 33.9 Å². The Hall–Kier alpha value is -3.48. The molecule has 27 heavy (non-hydrogen) atoms. The Bertz CT molecular complexity index is 1040. The van der Waals surface area contributed by atoms with Gasteiger partial charge in [-0.15, -0.1) is 0 Å². The number of hydrogen-bond donors (Lipinski definition) is 0. The molecule has 1 heterocycles. The van der Waals surface area contributed by atoms with Gasteiger partial charge in [-0.05, 0) is 30.3 Å². The molecule has 0 aliphatic carbocycles. The number of ether oxygens (including phenoxy) is 4. The summed E-state index contributed by atoms with van der Waals surface area (Å²) in [4.78, 5) is 24.4. The molecular weight excluding hydrogens is 352 g/mol. The molecular formula is C20H18O7. The van der Waals surface area contributed by atoms with E-state index in [-0.39, 0.29) is 16.9 Å². The van der Waals surface area contributed by atoms with E-state index in [9.17, 15) is 9.59 Å². The lowest BCUT2D eigenvalue weighted by molar-refractivity contribution is -0.142. The number of rotatable bonds is 6. The van der Waals surface area contributed by atoms with Crippen molar-refractivity contribution < 1.29 is 28.2 Å². The first-order valence-corrected chi connectivity index (χ1v) is 8.07. The van der Waals surface area contributed by atoms with E-state index < -0.39 is 12.6 Å². The number of esters is 1. The Morgan fingerprint density at radius 2 is 1.74 bits per heavy atom. The van der Waals surface area contributed by atoms with Crippen LogP contribution in [0.15, 0.2) is 51.7 Å². The third-order valence-electron chi connectivity index (χ3n) is 3.96. The van der Waals surface area contributed by atoms with Crippen LogP contribution in [0.5, 0.6) is 17.2 Å². The summed E-state index contributed by atoms with van der Waals surface area (Å²) in [5.74, 6) is 0.488. The lowest BCUT2D eigenvalue weighted by Gasteiger charge is -2.13. The van der Waals surface area contributed by atoms with Gasteiger partial charge in [-0.2, -0.15) is 0 Å². The molecule has 3 aromatic rings. The van der Waals surface area contributed by atoms with Crippen molar-refractivity contribution in [1.82, 2.24) is 0 Å². The van der Waals surface area contributed by atoms with Gasteiger partial charge in [-0.25, -0.2) is 4.79 Å². The quantitative estimate of drug-likeness (QED) is 0.617. The van der Waals surface area contributed by atoms with Crippen LogP contribution in [0.25, 0.3) is 22.3 Å². The van der Waals surface area contributed by atoms with Crippen LogP contribution in [-0.2, 0) is 9.53 Å². The maximum atomic E-state index is 12.9. The molecule has 0 bridgehead atoms. The molecule has 0 radical (unpaired) electrons. The maximum Gasteiger partial charge on any atom is 0.343 e. The highest BCUT2D eigenvalue weighted by molar-refractivity contribution is 5.82. The molecule has 0 aliphatic heterocycles. The normalized spacial score (nSPS) is 10.5. The van der Waals surface area contributed by atoms with Gasteiger partial charge in [0.1, 0.15) is 5.58 Å². The molecule has 0 fully saturated rings. The minimum atomic E-state index is -0.610. The van der Waals surface area contributed by atoms with Crippen molar-refractivity contribution in [3.05, 3.63) is 52.7 Å². The molecule has 0 saturated carbocycles. The summed E-state index contributed by atoms with van der Waals surface area (Å²) in [6, 6.07) is 11.9. The number of hydrogen-bond acceptors (Lipinski definition) is 7. The molecule has 0 saturated heterocycles. The fourth-order valence-electron chi connectivity index (χ4n) is 2.61. The monoisotopic (exact) mass is 370 g/mol. The van der Waals surface area contributed by atoms with Crippen molar-refractivity contribution in [1.29, 1.82) is 0 Å². The lowest BCUT2D eigenvalue weighted by Crippen LogP contribution is -2.17. The predicted molar refractivity (Wildman–Crippen MR) is 98.5 cm³/mol. The number of benzene rings is 2. The van der Waals surface area contributed by atoms with Crippen LogP contribution >= 0.6 is 0 Å². The molecule has 0 unspecified atom stereocenters. The lowest BCUT2D eigenvalue weighted by atomic mass is 10.1. The standard InChI is InChI=1S/C20H18O7/c1-23-15-9-8-12(10-16(15)24-2)19-20(26-11-17(21)25-3)18(22)13-6-4-5-7-14(13)27-19/h4-10H,11H2,1-3H3. The molecule has 0 atom stereocenters. The van der Waals surface area contributed by atoms with E-state index in [1.807, 2.05) is 0 Å². The zero-order valence-corrected chi connectivity index (χ0v) is 15.1. The largest absolute Gasteiger partial charge is 0.493 e. The van der Waals surface area contributed by atoms with Gasteiger partial charge in [0.25, 0.3) is 0 Å². The molecule has 3 rings (SSSR count). The highest BCUT2D eigenvalue weighted by Crippen LogP contribution is 2.36. The summed E-state index contributed by atoms with van der Waals surface area (Å²) in [6.45, 7) is -0.417.